The lowest BCUT2D eigenvalue weighted by atomic mass is 10.0. The molecule has 0 nitrogen and oxygen atoms in total. The molecule has 0 radical (unpaired) electrons. The van der Waals surface area contributed by atoms with Gasteiger partial charge in [0.2, 0.25) is 0 Å². The SMILES string of the molecule is CCCCCCCCC1CCc2cc(C(C)[P+](c3ccccc3)(c3ccccc3)c3ccccc3)ccc2S1.[Br-]. The largest absolute Gasteiger partial charge is 1.00 e. The summed E-state index contributed by atoms with van der Waals surface area (Å²) in [5, 5.41) is 5.17. The van der Waals surface area contributed by atoms with Crippen molar-refractivity contribution in [3.8, 4) is 0 Å². The number of hydrogen-bond acceptors (Lipinski definition) is 1. The third kappa shape index (κ3) is 6.95. The van der Waals surface area contributed by atoms with Gasteiger partial charge in [0.05, 0.1) is 0 Å². The van der Waals surface area contributed by atoms with E-state index < -0.39 is 7.26 Å². The predicted octanol–water partition coefficient (Wildman–Crippen LogP) is 6.90. The van der Waals surface area contributed by atoms with E-state index in [1.807, 2.05) is 0 Å². The van der Waals surface area contributed by atoms with Crippen LogP contribution in [-0.4, -0.2) is 5.25 Å². The van der Waals surface area contributed by atoms with Gasteiger partial charge in [0.1, 0.15) is 28.8 Å². The van der Waals surface area contributed by atoms with Gasteiger partial charge in [0.25, 0.3) is 0 Å². The molecule has 1 heterocycles. The summed E-state index contributed by atoms with van der Waals surface area (Å²) in [4.78, 5) is 1.52. The van der Waals surface area contributed by atoms with Crippen molar-refractivity contribution in [2.24, 2.45) is 0 Å². The molecule has 5 rings (SSSR count). The molecule has 40 heavy (non-hydrogen) atoms. The van der Waals surface area contributed by atoms with Crippen molar-refractivity contribution < 1.29 is 17.0 Å². The summed E-state index contributed by atoms with van der Waals surface area (Å²) in [6.45, 7) is 4.79. The Morgan fingerprint density at radius 2 is 1.23 bits per heavy atom. The fraction of sp³-hybridized carbons (Fsp3) is 0.351. The zero-order chi connectivity index (χ0) is 26.9. The summed E-state index contributed by atoms with van der Waals surface area (Å²) in [6, 6.07) is 41.4. The van der Waals surface area contributed by atoms with Gasteiger partial charge in [-0.05, 0) is 79.8 Å². The van der Waals surface area contributed by atoms with Gasteiger partial charge in [0.15, 0.2) is 0 Å². The zero-order valence-corrected chi connectivity index (χ0v) is 27.4. The standard InChI is InChI=1S/C37H44PS.BrH/c1-3-4-5-6-7-17-24-36-27-25-32-29-31(26-28-37(32)39-36)30(2)38(33-18-11-8-12-19-33,34-20-13-9-14-21-34)35-22-15-10-16-23-35;/h8-16,18-23,26,28-30,36H,3-7,17,24-25,27H2,1-2H3;1H/q+1;/p-1. The number of benzene rings is 4. The molecule has 3 heteroatoms. The second-order valence-corrected chi connectivity index (χ2v) is 16.2. The minimum Gasteiger partial charge on any atom is -1.00 e. The number of halogens is 1. The van der Waals surface area contributed by atoms with Crippen LogP contribution >= 0.6 is 19.0 Å². The Morgan fingerprint density at radius 3 is 1.77 bits per heavy atom. The molecular formula is C37H44BrPS. The minimum atomic E-state index is -1.95. The monoisotopic (exact) mass is 630 g/mol. The zero-order valence-electron chi connectivity index (χ0n) is 24.1. The summed E-state index contributed by atoms with van der Waals surface area (Å²) in [6.07, 6.45) is 12.3. The predicted molar refractivity (Wildman–Crippen MR) is 176 cm³/mol. The topological polar surface area (TPSA) is 0 Å². The maximum Gasteiger partial charge on any atom is 0.119 e. The maximum atomic E-state index is 2.57. The Kier molecular flexibility index (Phi) is 12.0. The second-order valence-electron chi connectivity index (χ2n) is 11.1. The first-order chi connectivity index (χ1) is 19.2. The van der Waals surface area contributed by atoms with Gasteiger partial charge in [-0.15, -0.1) is 11.8 Å². The molecular weight excluding hydrogens is 587 g/mol. The van der Waals surface area contributed by atoms with Crippen LogP contribution in [0.5, 0.6) is 0 Å². The van der Waals surface area contributed by atoms with E-state index in [0.717, 1.165) is 5.25 Å². The number of thioether (sulfide) groups is 1. The van der Waals surface area contributed by atoms with Gasteiger partial charge in [-0.3, -0.25) is 0 Å². The highest BCUT2D eigenvalue weighted by Gasteiger charge is 2.51. The van der Waals surface area contributed by atoms with Crippen LogP contribution in [0.3, 0.4) is 0 Å². The fourth-order valence-electron chi connectivity index (χ4n) is 6.41. The first kappa shape index (κ1) is 31.1. The van der Waals surface area contributed by atoms with Gasteiger partial charge in [-0.2, -0.15) is 0 Å². The molecule has 2 atom stereocenters. The summed E-state index contributed by atoms with van der Waals surface area (Å²) < 4.78 is 0. The van der Waals surface area contributed by atoms with Crippen molar-refractivity contribution in [1.82, 2.24) is 0 Å². The van der Waals surface area contributed by atoms with Crippen molar-refractivity contribution in [3.05, 3.63) is 120 Å². The van der Waals surface area contributed by atoms with Crippen molar-refractivity contribution >= 4 is 34.9 Å². The summed E-state index contributed by atoms with van der Waals surface area (Å²) >= 11 is 2.15. The normalized spacial score (nSPS) is 15.6. The Bertz CT molecular complexity index is 1200. The smallest absolute Gasteiger partial charge is 0.119 e. The second kappa shape index (κ2) is 15.4. The van der Waals surface area contributed by atoms with E-state index >= 15 is 0 Å². The van der Waals surface area contributed by atoms with Crippen LogP contribution < -0.4 is 32.9 Å². The van der Waals surface area contributed by atoms with Crippen LogP contribution in [0, 0.1) is 0 Å². The van der Waals surface area contributed by atoms with E-state index in [9.17, 15) is 0 Å². The number of hydrogen-bond donors (Lipinski definition) is 0. The Labute approximate surface area is 258 Å². The molecule has 0 saturated heterocycles. The summed E-state index contributed by atoms with van der Waals surface area (Å²) in [5.41, 5.74) is 3.42. The van der Waals surface area contributed by atoms with Crippen LogP contribution in [0.15, 0.2) is 114 Å². The lowest BCUT2D eigenvalue weighted by Gasteiger charge is -2.34. The number of unbranched alkanes of at least 4 members (excludes halogenated alkanes) is 5. The lowest BCUT2D eigenvalue weighted by Crippen LogP contribution is -3.00. The van der Waals surface area contributed by atoms with E-state index in [1.54, 1.807) is 5.56 Å². The van der Waals surface area contributed by atoms with Gasteiger partial charge in [-0.1, -0.05) is 112 Å². The Morgan fingerprint density at radius 1 is 0.700 bits per heavy atom. The maximum absolute atomic E-state index is 2.57. The van der Waals surface area contributed by atoms with Crippen LogP contribution in [-0.2, 0) is 6.42 Å². The first-order valence-corrected chi connectivity index (χ1v) is 17.8. The van der Waals surface area contributed by atoms with E-state index in [-0.39, 0.29) is 17.0 Å². The first-order valence-electron chi connectivity index (χ1n) is 15.1. The molecule has 0 amide bonds. The lowest BCUT2D eigenvalue weighted by molar-refractivity contribution is -0.00000777. The van der Waals surface area contributed by atoms with Crippen molar-refractivity contribution in [2.45, 2.75) is 87.4 Å². The molecule has 4 aromatic rings. The van der Waals surface area contributed by atoms with Gasteiger partial charge < -0.3 is 17.0 Å². The number of fused-ring (bicyclic) bond motifs is 1. The van der Waals surface area contributed by atoms with Crippen LogP contribution in [0.25, 0.3) is 0 Å². The highest BCUT2D eigenvalue weighted by Crippen LogP contribution is 2.66. The van der Waals surface area contributed by atoms with Crippen molar-refractivity contribution in [3.63, 3.8) is 0 Å². The molecule has 210 valence electrons. The molecule has 4 aromatic carbocycles. The van der Waals surface area contributed by atoms with Gasteiger partial charge in [-0.25, -0.2) is 0 Å². The Balaban J connectivity index is 0.00000370. The molecule has 0 aliphatic carbocycles. The molecule has 0 bridgehead atoms. The third-order valence-corrected chi connectivity index (χ3v) is 14.8. The average molecular weight is 632 g/mol. The molecule has 0 spiro atoms. The molecule has 2 unspecified atom stereocenters. The van der Waals surface area contributed by atoms with E-state index in [4.69, 9.17) is 0 Å². The molecule has 1 aliphatic rings. The van der Waals surface area contributed by atoms with E-state index in [1.165, 1.54) is 84.2 Å². The van der Waals surface area contributed by atoms with Crippen LogP contribution in [0.4, 0.5) is 0 Å². The summed E-state index contributed by atoms with van der Waals surface area (Å²) in [7, 11) is -1.95. The van der Waals surface area contributed by atoms with Crippen molar-refractivity contribution in [2.75, 3.05) is 0 Å². The van der Waals surface area contributed by atoms with Crippen LogP contribution in [0.1, 0.15) is 82.0 Å². The quantitative estimate of drug-likeness (QED) is 0.121. The molecule has 0 aromatic heterocycles. The molecule has 0 N–H and O–H groups in total. The van der Waals surface area contributed by atoms with Crippen molar-refractivity contribution in [1.29, 1.82) is 0 Å². The number of rotatable bonds is 12. The Hall–Kier alpha value is -1.86. The van der Waals surface area contributed by atoms with E-state index in [0.29, 0.717) is 5.66 Å². The van der Waals surface area contributed by atoms with Gasteiger partial charge in [0, 0.05) is 10.1 Å². The fourth-order valence-corrected chi connectivity index (χ4v) is 12.5. The molecule has 0 fully saturated rings. The van der Waals surface area contributed by atoms with Crippen LogP contribution in [0.2, 0.25) is 0 Å². The van der Waals surface area contributed by atoms with Gasteiger partial charge >= 0.3 is 0 Å². The highest BCUT2D eigenvalue weighted by atomic mass is 79.9. The van der Waals surface area contributed by atoms with E-state index in [2.05, 4.69) is 135 Å². The third-order valence-electron chi connectivity index (χ3n) is 8.55. The molecule has 1 aliphatic heterocycles. The minimum absolute atomic E-state index is 0. The highest BCUT2D eigenvalue weighted by molar-refractivity contribution is 8.00. The average Bonchev–Trinajstić information content (AvgIpc) is 3.00. The molecule has 0 saturated carbocycles. The summed E-state index contributed by atoms with van der Waals surface area (Å²) in [5.74, 6) is 0. The number of aryl methyl sites for hydroxylation is 1.